The molecule has 2 aromatic carbocycles. The Morgan fingerprint density at radius 3 is 2.48 bits per heavy atom. The molecule has 0 spiro atoms. The molecule has 4 amide bonds. The normalized spacial score (nSPS) is 19.6. The summed E-state index contributed by atoms with van der Waals surface area (Å²) in [6.45, 7) is 0.132. The molecule has 0 radical (unpaired) electrons. The number of fused-ring (bicyclic) bond motifs is 1. The molecule has 0 aliphatic carbocycles. The van der Waals surface area contributed by atoms with E-state index < -0.39 is 48.2 Å². The highest BCUT2D eigenvalue weighted by Gasteiger charge is 2.44. The van der Waals surface area contributed by atoms with Crippen LogP contribution in [0.3, 0.4) is 0 Å². The maximum atomic E-state index is 13.6. The van der Waals surface area contributed by atoms with Gasteiger partial charge in [0.25, 0.3) is 11.8 Å². The Hall–Kier alpha value is -4.16. The number of hydrogen-bond acceptors (Lipinski definition) is 7. The molecule has 3 N–H and O–H groups in total. The first-order valence-electron chi connectivity index (χ1n) is 13.3. The van der Waals surface area contributed by atoms with Crippen molar-refractivity contribution < 1.29 is 33.9 Å². The van der Waals surface area contributed by atoms with Gasteiger partial charge in [0.05, 0.1) is 18.7 Å². The first-order chi connectivity index (χ1) is 20.2. The lowest BCUT2D eigenvalue weighted by molar-refractivity contribution is -0.176. The summed E-state index contributed by atoms with van der Waals surface area (Å²) in [5, 5.41) is 21.5. The zero-order valence-electron chi connectivity index (χ0n) is 22.4. The molecule has 222 valence electrons. The number of hydrazine groups is 1. The van der Waals surface area contributed by atoms with Crippen molar-refractivity contribution in [2.75, 3.05) is 6.54 Å². The number of nitrogens with zero attached hydrogens (tertiary/aromatic N) is 3. The van der Waals surface area contributed by atoms with Gasteiger partial charge in [-0.05, 0) is 43.5 Å². The van der Waals surface area contributed by atoms with Crippen LogP contribution in [0.4, 0.5) is 0 Å². The maximum Gasteiger partial charge on any atom is 0.305 e. The van der Waals surface area contributed by atoms with Crippen molar-refractivity contribution in [3.8, 4) is 0 Å². The highest BCUT2D eigenvalue weighted by molar-refractivity contribution is 6.35. The highest BCUT2D eigenvalue weighted by atomic mass is 35.5. The molecule has 2 aliphatic heterocycles. The minimum absolute atomic E-state index is 0.00258. The zero-order valence-corrected chi connectivity index (χ0v) is 23.9. The number of oxime groups is 1. The Morgan fingerprint density at radius 2 is 1.79 bits per heavy atom. The number of aliphatic carboxylic acids is 1. The van der Waals surface area contributed by atoms with Crippen LogP contribution in [0, 0.1) is 0 Å². The molecule has 42 heavy (non-hydrogen) atoms. The fourth-order valence-electron chi connectivity index (χ4n) is 4.73. The lowest BCUT2D eigenvalue weighted by atomic mass is 10.0. The van der Waals surface area contributed by atoms with Crippen LogP contribution < -0.4 is 10.6 Å². The summed E-state index contributed by atoms with van der Waals surface area (Å²) in [5.41, 5.74) is 0.831. The largest absolute Gasteiger partial charge is 0.481 e. The van der Waals surface area contributed by atoms with Crippen molar-refractivity contribution >= 4 is 59.0 Å². The number of nitrogens with one attached hydrogen (secondary N) is 2. The van der Waals surface area contributed by atoms with Crippen molar-refractivity contribution in [3.63, 3.8) is 0 Å². The second-order valence-electron chi connectivity index (χ2n) is 9.73. The maximum absolute atomic E-state index is 13.6. The molecule has 0 saturated carbocycles. The molecule has 3 unspecified atom stereocenters. The van der Waals surface area contributed by atoms with E-state index in [2.05, 4.69) is 15.8 Å². The second kappa shape index (κ2) is 14.1. The van der Waals surface area contributed by atoms with Crippen molar-refractivity contribution in [2.45, 2.75) is 56.8 Å². The average Bonchev–Trinajstić information content (AvgIpc) is 3.08. The van der Waals surface area contributed by atoms with Gasteiger partial charge < -0.3 is 20.6 Å². The topological polar surface area (TPSA) is 158 Å². The number of carboxylic acids is 1. The number of benzene rings is 2. The van der Waals surface area contributed by atoms with Crippen LogP contribution in [0.5, 0.6) is 0 Å². The van der Waals surface area contributed by atoms with Crippen molar-refractivity contribution in [2.24, 2.45) is 5.16 Å². The van der Waals surface area contributed by atoms with Gasteiger partial charge in [0, 0.05) is 34.1 Å². The van der Waals surface area contributed by atoms with E-state index in [-0.39, 0.29) is 38.3 Å². The van der Waals surface area contributed by atoms with E-state index in [1.807, 2.05) is 0 Å². The predicted molar refractivity (Wildman–Crippen MR) is 152 cm³/mol. The highest BCUT2D eigenvalue weighted by Crippen LogP contribution is 2.26. The minimum atomic E-state index is -1.21. The van der Waals surface area contributed by atoms with Crippen molar-refractivity contribution in [3.05, 3.63) is 69.7 Å². The van der Waals surface area contributed by atoms with E-state index in [0.717, 1.165) is 11.2 Å². The van der Waals surface area contributed by atoms with Gasteiger partial charge in [0.15, 0.2) is 0 Å². The molecule has 2 aliphatic rings. The van der Waals surface area contributed by atoms with Gasteiger partial charge in [-0.15, -0.1) is 0 Å². The first kappa shape index (κ1) is 30.8. The Kier molecular flexibility index (Phi) is 10.4. The third-order valence-corrected chi connectivity index (χ3v) is 7.52. The van der Waals surface area contributed by atoms with E-state index >= 15 is 0 Å². The number of halogens is 2. The number of carbonyl (C=O) groups is 5. The summed E-state index contributed by atoms with van der Waals surface area (Å²) in [4.78, 5) is 69.5. The zero-order chi connectivity index (χ0) is 30.2. The van der Waals surface area contributed by atoms with Crippen LogP contribution in [-0.2, 0) is 30.6 Å². The molecule has 2 aromatic rings. The fraction of sp³-hybridized carbons (Fsp3) is 0.357. The summed E-state index contributed by atoms with van der Waals surface area (Å²) >= 11 is 12.2. The molecule has 0 bridgehead atoms. The van der Waals surface area contributed by atoms with Crippen LogP contribution in [0.15, 0.2) is 53.7 Å². The molecule has 3 atom stereocenters. The van der Waals surface area contributed by atoms with E-state index in [1.165, 1.54) is 5.01 Å². The van der Waals surface area contributed by atoms with Crippen LogP contribution in [-0.4, -0.2) is 75.6 Å². The van der Waals surface area contributed by atoms with Crippen LogP contribution in [0.25, 0.3) is 0 Å². The van der Waals surface area contributed by atoms with Gasteiger partial charge in [-0.3, -0.25) is 29.0 Å². The van der Waals surface area contributed by atoms with Crippen LogP contribution in [0.2, 0.25) is 10.0 Å². The lowest BCUT2D eigenvalue weighted by Gasteiger charge is -2.43. The smallest absolute Gasteiger partial charge is 0.305 e. The molecule has 0 aromatic heterocycles. The van der Waals surface area contributed by atoms with Crippen molar-refractivity contribution in [1.82, 2.24) is 20.7 Å². The predicted octanol–water partition coefficient (Wildman–Crippen LogP) is 2.78. The van der Waals surface area contributed by atoms with Gasteiger partial charge in [0.2, 0.25) is 11.8 Å². The average molecular weight is 618 g/mol. The Labute approximate surface area is 251 Å². The van der Waals surface area contributed by atoms with Gasteiger partial charge in [-0.1, -0.05) is 52.6 Å². The van der Waals surface area contributed by atoms with Gasteiger partial charge in [-0.25, -0.2) is 5.01 Å². The fourth-order valence-corrected chi connectivity index (χ4v) is 5.24. The molecule has 2 saturated heterocycles. The Balaban J connectivity index is 1.47. The molecular weight excluding hydrogens is 589 g/mol. The Morgan fingerprint density at radius 1 is 1.07 bits per heavy atom. The quantitative estimate of drug-likeness (QED) is 0.273. The summed E-state index contributed by atoms with van der Waals surface area (Å²) in [6.07, 6.45) is 1.32. The Bertz CT molecular complexity index is 1350. The number of hydrogen-bond donors (Lipinski definition) is 3. The summed E-state index contributed by atoms with van der Waals surface area (Å²) < 4.78 is 0. The van der Waals surface area contributed by atoms with Crippen LogP contribution in [0.1, 0.15) is 48.0 Å². The lowest BCUT2D eigenvalue weighted by Crippen LogP contribution is -2.64. The molecule has 4 rings (SSSR count). The van der Waals surface area contributed by atoms with Crippen LogP contribution >= 0.6 is 23.2 Å². The van der Waals surface area contributed by atoms with Gasteiger partial charge in [0.1, 0.15) is 18.7 Å². The third-order valence-electron chi connectivity index (χ3n) is 6.81. The number of carbonyl (C=O) groups excluding carboxylic acids is 4. The molecule has 2 heterocycles. The van der Waals surface area contributed by atoms with Gasteiger partial charge in [-0.2, -0.15) is 0 Å². The second-order valence-corrected chi connectivity index (χ2v) is 10.5. The van der Waals surface area contributed by atoms with E-state index in [0.29, 0.717) is 27.6 Å². The molecule has 14 heteroatoms. The standard InChI is InChI=1S/C28H29Cl2N5O7/c29-20-8-4-9-21(30)19(20)16-42-31-15-18(14-25(37)38)32-27(40)23-10-5-13-34-24(36)12-11-22(28(41)35(23)34)33-26(39)17-6-2-1-3-7-17/h1-4,6-9,15,18,22-23H,5,10-14,16H2,(H,32,40)(H,33,39)(H,37,38)/b31-15+. The summed E-state index contributed by atoms with van der Waals surface area (Å²) in [7, 11) is 0. The summed E-state index contributed by atoms with van der Waals surface area (Å²) in [6, 6.07) is 10.0. The number of carboxylic acid groups (broad SMARTS) is 1. The monoisotopic (exact) mass is 617 g/mol. The number of rotatable bonds is 10. The van der Waals surface area contributed by atoms with E-state index in [4.69, 9.17) is 28.0 Å². The van der Waals surface area contributed by atoms with Gasteiger partial charge >= 0.3 is 5.97 Å². The first-order valence-corrected chi connectivity index (χ1v) is 14.0. The SMILES string of the molecule is O=C(O)CC(/C=N/OCc1c(Cl)cccc1Cl)NC(=O)C1CCCN2C(=O)CCC(NC(=O)c3ccccc3)C(=O)N12. The third kappa shape index (κ3) is 7.56. The van der Waals surface area contributed by atoms with E-state index in [9.17, 15) is 29.1 Å². The van der Waals surface area contributed by atoms with Crippen molar-refractivity contribution in [1.29, 1.82) is 0 Å². The molecule has 12 nitrogen and oxygen atoms in total. The number of amides is 4. The molecule has 2 fully saturated rings. The summed E-state index contributed by atoms with van der Waals surface area (Å²) in [5.74, 6) is -3.33. The van der Waals surface area contributed by atoms with E-state index in [1.54, 1.807) is 48.5 Å². The molecular formula is C28H29Cl2N5O7. The minimum Gasteiger partial charge on any atom is -0.481 e.